The number of carbonyl (C=O) groups excluding carboxylic acids is 2. The number of rotatable bonds is 7. The quantitative estimate of drug-likeness (QED) is 0.246. The second kappa shape index (κ2) is 9.52. The van der Waals surface area contributed by atoms with E-state index in [9.17, 15) is 24.1 Å². The fraction of sp³-hybridized carbons (Fsp3) is 0.190. The monoisotopic (exact) mass is 458 g/mol. The molecule has 0 aliphatic rings. The third kappa shape index (κ3) is 5.06. The third-order valence-corrected chi connectivity index (χ3v) is 5.31. The molecule has 1 N–H and O–H groups in total. The Bertz CT molecular complexity index is 1200. The zero-order chi connectivity index (χ0) is 23.4. The number of nitrogens with zero attached hydrogens (tertiary/aromatic N) is 3. The fourth-order valence-electron chi connectivity index (χ4n) is 2.98. The lowest BCUT2D eigenvalue weighted by Gasteiger charge is -2.12. The molecule has 2 heterocycles. The van der Waals surface area contributed by atoms with Gasteiger partial charge in [0.25, 0.3) is 5.91 Å². The van der Waals surface area contributed by atoms with Gasteiger partial charge in [-0.25, -0.2) is 9.78 Å². The van der Waals surface area contributed by atoms with Crippen LogP contribution in [0.1, 0.15) is 23.9 Å². The number of hydrogen-bond donors (Lipinski definition) is 1. The van der Waals surface area contributed by atoms with Crippen molar-refractivity contribution in [2.24, 2.45) is 0 Å². The van der Waals surface area contributed by atoms with E-state index in [1.54, 1.807) is 12.3 Å². The largest absolute Gasteiger partial charge is 0.449 e. The molecule has 32 heavy (non-hydrogen) atoms. The zero-order valence-electron chi connectivity index (χ0n) is 17.4. The first kappa shape index (κ1) is 22.8. The van der Waals surface area contributed by atoms with Crippen LogP contribution in [0.2, 0.25) is 0 Å². The third-order valence-electron chi connectivity index (χ3n) is 4.55. The number of anilines is 1. The van der Waals surface area contributed by atoms with Crippen molar-refractivity contribution >= 4 is 40.7 Å². The first-order valence-corrected chi connectivity index (χ1v) is 10.3. The van der Waals surface area contributed by atoms with Crippen LogP contribution < -0.4 is 5.32 Å². The lowest BCUT2D eigenvalue weighted by molar-refractivity contribution is -0.387. The van der Waals surface area contributed by atoms with Crippen LogP contribution in [0, 0.1) is 29.8 Å². The SMILES string of the molecule is Cc1cc(/C=C/C(=O)OC(C)C(=O)Nc2ccc(F)c([N+](=O)[O-])c2)c(C)n1-c1nccs1. The Kier molecular flexibility index (Phi) is 6.79. The van der Waals surface area contributed by atoms with Crippen molar-refractivity contribution in [2.45, 2.75) is 26.9 Å². The maximum absolute atomic E-state index is 13.4. The maximum atomic E-state index is 13.4. The van der Waals surface area contributed by atoms with Gasteiger partial charge in [-0.05, 0) is 50.6 Å². The maximum Gasteiger partial charge on any atom is 0.331 e. The van der Waals surface area contributed by atoms with Crippen LogP contribution in [0.4, 0.5) is 15.8 Å². The summed E-state index contributed by atoms with van der Waals surface area (Å²) in [5, 5.41) is 15.9. The number of amides is 1. The standard InChI is InChI=1S/C21H19FN4O5S/c1-12-10-15(13(2)25(12)21-23-8-9-32-21)4-7-19(27)31-14(3)20(28)24-16-5-6-17(22)18(11-16)26(29)30/h4-11,14H,1-3H3,(H,24,28)/b7-4+. The van der Waals surface area contributed by atoms with E-state index >= 15 is 0 Å². The van der Waals surface area contributed by atoms with Gasteiger partial charge in [0.1, 0.15) is 0 Å². The van der Waals surface area contributed by atoms with Crippen molar-refractivity contribution in [3.63, 3.8) is 0 Å². The number of aromatic nitrogens is 2. The Hall–Kier alpha value is -3.86. The van der Waals surface area contributed by atoms with Crippen molar-refractivity contribution < 1.29 is 23.6 Å². The second-order valence-electron chi connectivity index (χ2n) is 6.80. The molecule has 0 aliphatic carbocycles. The van der Waals surface area contributed by atoms with E-state index in [-0.39, 0.29) is 5.69 Å². The van der Waals surface area contributed by atoms with Gasteiger partial charge in [-0.3, -0.25) is 19.5 Å². The summed E-state index contributed by atoms with van der Waals surface area (Å²) in [6.45, 7) is 5.18. The molecule has 3 aromatic rings. The summed E-state index contributed by atoms with van der Waals surface area (Å²) in [5.74, 6) is -2.47. The van der Waals surface area contributed by atoms with Crippen molar-refractivity contribution in [3.8, 4) is 5.13 Å². The molecule has 0 bridgehead atoms. The number of halogens is 1. The Labute approximate surface area is 186 Å². The van der Waals surface area contributed by atoms with Gasteiger partial charge in [0.05, 0.1) is 4.92 Å². The Balaban J connectivity index is 1.63. The summed E-state index contributed by atoms with van der Waals surface area (Å²) < 4.78 is 20.5. The topological polar surface area (TPSA) is 116 Å². The number of ether oxygens (including phenoxy) is 1. The first-order chi connectivity index (χ1) is 15.2. The summed E-state index contributed by atoms with van der Waals surface area (Å²) in [7, 11) is 0. The molecule has 0 saturated carbocycles. The van der Waals surface area contributed by atoms with Crippen molar-refractivity contribution in [3.05, 3.63) is 74.8 Å². The average Bonchev–Trinajstić information content (AvgIpc) is 3.35. The van der Waals surface area contributed by atoms with E-state index < -0.39 is 34.4 Å². The lowest BCUT2D eigenvalue weighted by Crippen LogP contribution is -2.29. The molecule has 1 atom stereocenters. The number of hydrogen-bond acceptors (Lipinski definition) is 7. The summed E-state index contributed by atoms with van der Waals surface area (Å²) in [6, 6.07) is 4.83. The van der Waals surface area contributed by atoms with Gasteiger partial charge in [0.15, 0.2) is 11.2 Å². The van der Waals surface area contributed by atoms with Crippen molar-refractivity contribution in [1.82, 2.24) is 9.55 Å². The summed E-state index contributed by atoms with van der Waals surface area (Å²) in [6.07, 6.45) is 3.32. The van der Waals surface area contributed by atoms with Gasteiger partial charge in [-0.2, -0.15) is 4.39 Å². The van der Waals surface area contributed by atoms with Crippen molar-refractivity contribution in [1.29, 1.82) is 0 Å². The molecule has 0 spiro atoms. The minimum Gasteiger partial charge on any atom is -0.449 e. The molecular formula is C21H19FN4O5S. The summed E-state index contributed by atoms with van der Waals surface area (Å²) in [4.78, 5) is 38.6. The molecule has 11 heteroatoms. The minimum absolute atomic E-state index is 0.0103. The van der Waals surface area contributed by atoms with Crippen LogP contribution in [0.3, 0.4) is 0 Å². The number of nitrogens with one attached hydrogen (secondary N) is 1. The molecule has 3 rings (SSSR count). The van der Waals surface area contributed by atoms with E-state index in [0.29, 0.717) is 0 Å². The van der Waals surface area contributed by atoms with Gasteiger partial charge in [-0.1, -0.05) is 0 Å². The van der Waals surface area contributed by atoms with E-state index in [2.05, 4.69) is 10.3 Å². The number of nitro benzene ring substituents is 1. The van der Waals surface area contributed by atoms with Crippen LogP contribution >= 0.6 is 11.3 Å². The van der Waals surface area contributed by atoms with E-state index in [4.69, 9.17) is 4.74 Å². The minimum atomic E-state index is -1.18. The Morgan fingerprint density at radius 3 is 2.75 bits per heavy atom. The molecule has 0 saturated heterocycles. The van der Waals surface area contributed by atoms with Crippen LogP contribution in [0.25, 0.3) is 11.2 Å². The number of carbonyl (C=O) groups is 2. The second-order valence-corrected chi connectivity index (χ2v) is 7.67. The number of aryl methyl sites for hydroxylation is 1. The van der Waals surface area contributed by atoms with Crippen LogP contribution in [-0.2, 0) is 14.3 Å². The van der Waals surface area contributed by atoms with Gasteiger partial charge in [0.2, 0.25) is 5.82 Å². The molecule has 1 unspecified atom stereocenters. The van der Waals surface area contributed by atoms with E-state index in [1.165, 1.54) is 30.4 Å². The Morgan fingerprint density at radius 2 is 2.09 bits per heavy atom. The lowest BCUT2D eigenvalue weighted by atomic mass is 10.2. The van der Waals surface area contributed by atoms with Crippen LogP contribution in [0.15, 0.2) is 41.9 Å². The van der Waals surface area contributed by atoms with Gasteiger partial charge < -0.3 is 10.1 Å². The smallest absolute Gasteiger partial charge is 0.331 e. The predicted octanol–water partition coefficient (Wildman–Crippen LogP) is 4.18. The van der Waals surface area contributed by atoms with E-state index in [0.717, 1.165) is 34.2 Å². The highest BCUT2D eigenvalue weighted by Gasteiger charge is 2.20. The molecule has 1 amide bonds. The van der Waals surface area contributed by atoms with Crippen LogP contribution in [0.5, 0.6) is 0 Å². The molecule has 166 valence electrons. The summed E-state index contributed by atoms with van der Waals surface area (Å²) in [5.41, 5.74) is 1.88. The first-order valence-electron chi connectivity index (χ1n) is 9.39. The average molecular weight is 458 g/mol. The molecule has 9 nitrogen and oxygen atoms in total. The van der Waals surface area contributed by atoms with Gasteiger partial charge in [0, 0.05) is 40.8 Å². The number of esters is 1. The molecule has 0 aliphatic heterocycles. The molecule has 1 aromatic carbocycles. The van der Waals surface area contributed by atoms with E-state index in [1.807, 2.05) is 29.9 Å². The normalized spacial score (nSPS) is 12.0. The predicted molar refractivity (Wildman–Crippen MR) is 117 cm³/mol. The number of nitro groups is 1. The molecular weight excluding hydrogens is 439 g/mol. The molecule has 0 radical (unpaired) electrons. The van der Waals surface area contributed by atoms with Crippen LogP contribution in [-0.4, -0.2) is 32.5 Å². The Morgan fingerprint density at radius 1 is 1.34 bits per heavy atom. The zero-order valence-corrected chi connectivity index (χ0v) is 18.2. The highest BCUT2D eigenvalue weighted by Crippen LogP contribution is 2.24. The van der Waals surface area contributed by atoms with Gasteiger partial charge in [-0.15, -0.1) is 11.3 Å². The summed E-state index contributed by atoms with van der Waals surface area (Å²) >= 11 is 1.49. The van der Waals surface area contributed by atoms with Gasteiger partial charge >= 0.3 is 11.7 Å². The molecule has 0 fully saturated rings. The number of benzene rings is 1. The fourth-order valence-corrected chi connectivity index (χ4v) is 3.73. The number of thiazole rings is 1. The highest BCUT2D eigenvalue weighted by molar-refractivity contribution is 7.12. The molecule has 2 aromatic heterocycles. The highest BCUT2D eigenvalue weighted by atomic mass is 32.1. The van der Waals surface area contributed by atoms with Crippen molar-refractivity contribution in [2.75, 3.05) is 5.32 Å².